The van der Waals surface area contributed by atoms with E-state index in [-0.39, 0.29) is 49.5 Å². The average molecular weight is 590 g/mol. The van der Waals surface area contributed by atoms with Gasteiger partial charge in [0.05, 0.1) is 11.1 Å². The zero-order valence-electron chi connectivity index (χ0n) is 24.4. The molecule has 0 bridgehead atoms. The quantitative estimate of drug-likeness (QED) is 0.0948. The Bertz CT molecular complexity index is 1660. The first-order valence-corrected chi connectivity index (χ1v) is 14.5. The van der Waals surface area contributed by atoms with E-state index < -0.39 is 18.0 Å². The first-order chi connectivity index (χ1) is 21.3. The number of carbonyl (C=O) groups excluding carboxylic acids is 3. The third-order valence-electron chi connectivity index (χ3n) is 8.43. The molecule has 5 atom stereocenters. The van der Waals surface area contributed by atoms with Gasteiger partial charge in [0.15, 0.2) is 12.1 Å². The van der Waals surface area contributed by atoms with Gasteiger partial charge in [-0.3, -0.25) is 19.4 Å². The van der Waals surface area contributed by atoms with E-state index in [0.717, 1.165) is 23.0 Å². The van der Waals surface area contributed by atoms with Crippen molar-refractivity contribution >= 4 is 18.1 Å². The van der Waals surface area contributed by atoms with Crippen LogP contribution in [0.25, 0.3) is 10.4 Å². The number of hydrogen-bond acceptors (Lipinski definition) is 7. The number of rotatable bonds is 8. The second kappa shape index (κ2) is 12.1. The summed E-state index contributed by atoms with van der Waals surface area (Å²) in [6.45, 7) is 4.04. The van der Waals surface area contributed by atoms with E-state index >= 15 is 0 Å². The summed E-state index contributed by atoms with van der Waals surface area (Å²) in [6, 6.07) is 23.8. The Morgan fingerprint density at radius 2 is 1.48 bits per heavy atom. The summed E-state index contributed by atoms with van der Waals surface area (Å²) in [5.74, 6) is 4.52. The van der Waals surface area contributed by atoms with Gasteiger partial charge in [-0.2, -0.15) is 0 Å². The summed E-state index contributed by atoms with van der Waals surface area (Å²) in [6.07, 6.45) is -0.642. The number of carbonyl (C=O) groups is 3. The molecule has 2 fully saturated rings. The Hall–Kier alpha value is -4.78. The number of nitrogens with zero attached hydrogens (tertiary/aromatic N) is 5. The average Bonchev–Trinajstić information content (AvgIpc) is 3.47. The van der Waals surface area contributed by atoms with Crippen LogP contribution in [0.5, 0.6) is 0 Å². The molecule has 0 spiro atoms. The fraction of sp³-hybridized carbons (Fsp3) is 0.324. The lowest BCUT2D eigenvalue weighted by molar-refractivity contribution is -0.154. The molecule has 0 N–H and O–H groups in total. The van der Waals surface area contributed by atoms with Gasteiger partial charge >= 0.3 is 0 Å². The minimum atomic E-state index is -0.949. The van der Waals surface area contributed by atoms with E-state index in [1.54, 1.807) is 38.1 Å². The maximum Gasteiger partial charge on any atom is 0.261 e. The van der Waals surface area contributed by atoms with E-state index in [0.29, 0.717) is 11.1 Å². The Labute approximate surface area is 255 Å². The maximum absolute atomic E-state index is 13.4. The molecule has 0 aromatic heterocycles. The van der Waals surface area contributed by atoms with Crippen LogP contribution in [-0.4, -0.2) is 77.6 Å². The van der Waals surface area contributed by atoms with E-state index in [4.69, 9.17) is 9.47 Å². The van der Waals surface area contributed by atoms with E-state index in [2.05, 4.69) is 26.8 Å². The topological polar surface area (TPSA) is 125 Å². The van der Waals surface area contributed by atoms with Crippen molar-refractivity contribution in [1.82, 2.24) is 9.80 Å². The van der Waals surface area contributed by atoms with Crippen LogP contribution < -0.4 is 0 Å². The smallest absolute Gasteiger partial charge is 0.261 e. The van der Waals surface area contributed by atoms with Crippen molar-refractivity contribution in [2.45, 2.75) is 49.8 Å². The Morgan fingerprint density at radius 1 is 0.864 bits per heavy atom. The zero-order chi connectivity index (χ0) is 30.8. The van der Waals surface area contributed by atoms with E-state index in [1.807, 2.05) is 54.6 Å². The molecule has 3 aromatic carbocycles. The van der Waals surface area contributed by atoms with Crippen molar-refractivity contribution in [3.8, 4) is 11.8 Å². The first-order valence-electron chi connectivity index (χ1n) is 14.5. The minimum absolute atomic E-state index is 0.113. The van der Waals surface area contributed by atoms with Gasteiger partial charge in [0.25, 0.3) is 11.8 Å². The van der Waals surface area contributed by atoms with Gasteiger partial charge in [-0.1, -0.05) is 59.4 Å². The molecule has 10 heteroatoms. The van der Waals surface area contributed by atoms with Gasteiger partial charge in [0, 0.05) is 53.7 Å². The van der Waals surface area contributed by atoms with Crippen LogP contribution in [0.3, 0.4) is 0 Å². The predicted molar refractivity (Wildman–Crippen MR) is 162 cm³/mol. The van der Waals surface area contributed by atoms with Crippen molar-refractivity contribution in [3.63, 3.8) is 0 Å². The number of hydrogen-bond donors (Lipinski definition) is 0. The van der Waals surface area contributed by atoms with E-state index in [1.165, 1.54) is 4.90 Å². The summed E-state index contributed by atoms with van der Waals surface area (Å²) in [5.41, 5.74) is 12.7. The second-order valence-electron chi connectivity index (χ2n) is 11.5. The van der Waals surface area contributed by atoms with Gasteiger partial charge in [-0.15, -0.1) is 0 Å². The van der Waals surface area contributed by atoms with Crippen molar-refractivity contribution in [1.29, 1.82) is 0 Å². The normalized spacial score (nSPS) is 25.4. The molecule has 222 valence electrons. The van der Waals surface area contributed by atoms with Gasteiger partial charge in [-0.05, 0) is 61.3 Å². The number of likely N-dealkylation sites (tertiary alicyclic amines) is 1. The standard InChI is InChI=1S/C34H31N5O5/c1-34(2)43-29(30(21-40)44-34)20-38-27(18-36-37-35)31(24-16-14-23(15-17-24)13-12-22-8-4-3-5-9-22)28(38)19-39-32(41)25-10-6-7-11-26(25)33(39)42/h3-11,14-17,21,27-31H,18-20H2,1-2H3/t27-,28+,29-,30+,31+/m0/s1. The van der Waals surface area contributed by atoms with Gasteiger partial charge in [-0.25, -0.2) is 0 Å². The molecule has 3 aromatic rings. The number of imide groups is 1. The highest BCUT2D eigenvalue weighted by Gasteiger charge is 2.53. The number of aldehydes is 1. The Balaban J connectivity index is 1.32. The van der Waals surface area contributed by atoms with Crippen LogP contribution in [0.15, 0.2) is 84.0 Å². The molecular formula is C34H31N5O5. The van der Waals surface area contributed by atoms with Gasteiger partial charge < -0.3 is 14.3 Å². The zero-order valence-corrected chi connectivity index (χ0v) is 24.4. The molecule has 3 aliphatic rings. The van der Waals surface area contributed by atoms with Crippen LogP contribution in [0, 0.1) is 11.8 Å². The highest BCUT2D eigenvalue weighted by atomic mass is 16.8. The molecule has 0 saturated carbocycles. The number of benzene rings is 3. The number of amides is 2. The molecule has 2 amide bonds. The SMILES string of the molecule is CC1(C)O[C@@H](CN2[C@H](CN3C(=O)c4ccccc4C3=O)[C@H](c3ccc(C#Cc4ccccc4)cc3)[C@@H]2CN=[N+]=[N-])[C@@H](C=O)O1. The molecule has 0 unspecified atom stereocenters. The number of ether oxygens (including phenoxy) is 2. The lowest BCUT2D eigenvalue weighted by Crippen LogP contribution is -2.68. The molecule has 0 aliphatic carbocycles. The molecule has 0 radical (unpaired) electrons. The number of fused-ring (bicyclic) bond motifs is 1. The van der Waals surface area contributed by atoms with Crippen LogP contribution in [0.4, 0.5) is 0 Å². The first kappa shape index (κ1) is 29.3. The van der Waals surface area contributed by atoms with Crippen molar-refractivity contribution in [3.05, 3.63) is 117 Å². The molecule has 6 rings (SSSR count). The maximum atomic E-state index is 13.4. The second-order valence-corrected chi connectivity index (χ2v) is 11.5. The minimum Gasteiger partial charge on any atom is -0.343 e. The van der Waals surface area contributed by atoms with Crippen LogP contribution in [0.2, 0.25) is 0 Å². The fourth-order valence-electron chi connectivity index (χ4n) is 6.46. The summed E-state index contributed by atoms with van der Waals surface area (Å²) >= 11 is 0. The van der Waals surface area contributed by atoms with Crippen molar-refractivity contribution in [2.24, 2.45) is 5.11 Å². The number of azide groups is 1. The molecule has 2 saturated heterocycles. The molecule has 44 heavy (non-hydrogen) atoms. The summed E-state index contributed by atoms with van der Waals surface area (Å²) in [7, 11) is 0. The predicted octanol–water partition coefficient (Wildman–Crippen LogP) is 4.55. The van der Waals surface area contributed by atoms with Crippen LogP contribution >= 0.6 is 0 Å². The summed E-state index contributed by atoms with van der Waals surface area (Å²) < 4.78 is 11.9. The summed E-state index contributed by atoms with van der Waals surface area (Å²) in [5, 5.41) is 3.90. The van der Waals surface area contributed by atoms with E-state index in [9.17, 15) is 19.9 Å². The molecule has 10 nitrogen and oxygen atoms in total. The van der Waals surface area contributed by atoms with Crippen molar-refractivity contribution in [2.75, 3.05) is 19.6 Å². The largest absolute Gasteiger partial charge is 0.343 e. The molecule has 3 heterocycles. The lowest BCUT2D eigenvalue weighted by Gasteiger charge is -2.56. The lowest BCUT2D eigenvalue weighted by atomic mass is 9.74. The van der Waals surface area contributed by atoms with Crippen LogP contribution in [-0.2, 0) is 14.3 Å². The summed E-state index contributed by atoms with van der Waals surface area (Å²) in [4.78, 5) is 45.0. The third-order valence-corrected chi connectivity index (χ3v) is 8.43. The highest BCUT2D eigenvalue weighted by molar-refractivity contribution is 6.21. The third kappa shape index (κ3) is 5.62. The Kier molecular flexibility index (Phi) is 8.04. The van der Waals surface area contributed by atoms with Gasteiger partial charge in [0.1, 0.15) is 12.2 Å². The van der Waals surface area contributed by atoms with Gasteiger partial charge in [0.2, 0.25) is 0 Å². The monoisotopic (exact) mass is 589 g/mol. The molecule has 3 aliphatic heterocycles. The Morgan fingerprint density at radius 3 is 2.09 bits per heavy atom. The highest BCUT2D eigenvalue weighted by Crippen LogP contribution is 2.43. The van der Waals surface area contributed by atoms with Crippen LogP contribution in [0.1, 0.15) is 57.2 Å². The fourth-order valence-corrected chi connectivity index (χ4v) is 6.46. The molecular weight excluding hydrogens is 558 g/mol. The van der Waals surface area contributed by atoms with Crippen molar-refractivity contribution < 1.29 is 23.9 Å².